The number of nitrogens with one attached hydrogen (secondary N) is 1. The zero-order valence-corrected chi connectivity index (χ0v) is 16.7. The summed E-state index contributed by atoms with van der Waals surface area (Å²) in [5.74, 6) is 0.761. The molecule has 1 amide bonds. The van der Waals surface area contributed by atoms with Crippen LogP contribution in [0.15, 0.2) is 42.5 Å². The van der Waals surface area contributed by atoms with Gasteiger partial charge in [0.15, 0.2) is 0 Å². The molecule has 0 atom stereocenters. The summed E-state index contributed by atoms with van der Waals surface area (Å²) < 4.78 is -0.173. The minimum atomic E-state index is -0.173. The van der Waals surface area contributed by atoms with Crippen molar-refractivity contribution in [1.29, 1.82) is 0 Å². The zero-order valence-electron chi connectivity index (χ0n) is 16.7. The lowest BCUT2D eigenvalue weighted by molar-refractivity contribution is -0.774. The summed E-state index contributed by atoms with van der Waals surface area (Å²) in [5, 5.41) is 18.8. The third-order valence-corrected chi connectivity index (χ3v) is 6.62. The van der Waals surface area contributed by atoms with Crippen molar-refractivity contribution in [2.45, 2.75) is 57.4 Å². The highest BCUT2D eigenvalue weighted by atomic mass is 16.5. The molecule has 4 rings (SSSR count). The van der Waals surface area contributed by atoms with Crippen molar-refractivity contribution < 1.29 is 9.35 Å². The van der Waals surface area contributed by atoms with E-state index in [4.69, 9.17) is 0 Å². The van der Waals surface area contributed by atoms with Crippen molar-refractivity contribution in [2.75, 3.05) is 13.1 Å². The number of nitrogens with zero attached hydrogens (tertiary/aromatic N) is 1. The number of quaternary nitrogens is 1. The molecule has 2 fully saturated rings. The lowest BCUT2D eigenvalue weighted by Crippen LogP contribution is -2.57. The second kappa shape index (κ2) is 8.67. The summed E-state index contributed by atoms with van der Waals surface area (Å²) in [6.07, 6.45) is 8.50. The maximum atomic E-state index is 13.2. The molecule has 2 aromatic rings. The number of hydrogen-bond donors (Lipinski definition) is 1. The smallest absolute Gasteiger partial charge is 0.424 e. The topological polar surface area (TPSA) is 52.2 Å². The van der Waals surface area contributed by atoms with Gasteiger partial charge in [0.1, 0.15) is 0 Å². The molecule has 0 bridgehead atoms. The van der Waals surface area contributed by atoms with Gasteiger partial charge in [0.25, 0.3) is 0 Å². The van der Waals surface area contributed by atoms with Crippen molar-refractivity contribution in [3.8, 4) is 0 Å². The molecule has 0 aromatic heterocycles. The van der Waals surface area contributed by atoms with E-state index >= 15 is 0 Å². The van der Waals surface area contributed by atoms with Gasteiger partial charge in [0, 0.05) is 25.3 Å². The zero-order chi connectivity index (χ0) is 19.4. The lowest BCUT2D eigenvalue weighted by Gasteiger charge is -2.48. The Hall–Kier alpha value is -1.85. The number of amides is 1. The van der Waals surface area contributed by atoms with Gasteiger partial charge >= 0.3 is 7.41 Å². The summed E-state index contributed by atoms with van der Waals surface area (Å²) in [6, 6.07) is 14.8. The molecule has 1 aliphatic heterocycles. The highest BCUT2D eigenvalue weighted by Crippen LogP contribution is 2.26. The van der Waals surface area contributed by atoms with Crippen molar-refractivity contribution in [3.05, 3.63) is 47.7 Å². The van der Waals surface area contributed by atoms with Crippen LogP contribution in [0, 0.1) is 11.1 Å². The molecule has 28 heavy (non-hydrogen) atoms. The number of hydrogen-bond acceptors (Lipinski definition) is 2. The first-order valence-electron chi connectivity index (χ1n) is 10.9. The predicted molar refractivity (Wildman–Crippen MR) is 116 cm³/mol. The lowest BCUT2D eigenvalue weighted by atomic mass is 9.77. The minimum absolute atomic E-state index is 0.173. The summed E-state index contributed by atoms with van der Waals surface area (Å²) in [4.78, 5) is 12.4. The van der Waals surface area contributed by atoms with Gasteiger partial charge in [-0.2, -0.15) is 0 Å². The maximum Gasteiger partial charge on any atom is 0.424 e. The first-order valence-corrected chi connectivity index (χ1v) is 10.9. The third-order valence-electron chi connectivity index (χ3n) is 6.62. The van der Waals surface area contributed by atoms with Crippen LogP contribution in [-0.4, -0.2) is 37.0 Å². The van der Waals surface area contributed by atoms with E-state index in [0.717, 1.165) is 18.3 Å². The first kappa shape index (κ1) is 19.5. The predicted octanol–water partition coefficient (Wildman–Crippen LogP) is 3.38. The van der Waals surface area contributed by atoms with Gasteiger partial charge in [-0.15, -0.1) is 0 Å². The van der Waals surface area contributed by atoms with E-state index in [2.05, 4.69) is 35.6 Å². The molecule has 2 aromatic carbocycles. The molecule has 1 heterocycles. The molecule has 0 spiro atoms. The van der Waals surface area contributed by atoms with E-state index in [1.807, 2.05) is 12.1 Å². The monoisotopic (exact) mass is 378 g/mol. The molecule has 0 unspecified atom stereocenters. The highest BCUT2D eigenvalue weighted by Gasteiger charge is 2.30. The maximum absolute atomic E-state index is 13.2. The summed E-state index contributed by atoms with van der Waals surface area (Å²) in [7, 11) is 0.521. The second-order valence-electron chi connectivity index (χ2n) is 8.89. The molecule has 4 nitrogen and oxygen atoms in total. The standard InChI is InChI=1S/C23H31BN2O2/c27-23(16-18-6-2-1-3-7-18)25-22-12-14-26(28,15-13-22)24-21-11-10-19-8-4-5-9-20(19)17-21/h4-5,8-11,17-18,22,24H,1-3,6-7,12-16H2,(H,25,27). The molecular weight excluding hydrogens is 347 g/mol. The number of rotatable bonds is 5. The fourth-order valence-corrected chi connectivity index (χ4v) is 4.95. The van der Waals surface area contributed by atoms with Crippen LogP contribution in [0.5, 0.6) is 0 Å². The van der Waals surface area contributed by atoms with Crippen LogP contribution in [0.3, 0.4) is 0 Å². The normalized spacial score (nSPS) is 26.1. The van der Waals surface area contributed by atoms with Crippen LogP contribution < -0.4 is 10.8 Å². The van der Waals surface area contributed by atoms with Crippen LogP contribution in [0.1, 0.15) is 51.4 Å². The molecule has 1 saturated carbocycles. The molecule has 0 radical (unpaired) electrons. The average Bonchev–Trinajstić information content (AvgIpc) is 2.70. The fourth-order valence-electron chi connectivity index (χ4n) is 4.95. The van der Waals surface area contributed by atoms with Crippen molar-refractivity contribution in [1.82, 2.24) is 5.32 Å². The van der Waals surface area contributed by atoms with Crippen molar-refractivity contribution >= 4 is 29.6 Å². The molecule has 1 saturated heterocycles. The Morgan fingerprint density at radius 2 is 1.71 bits per heavy atom. The average molecular weight is 378 g/mol. The van der Waals surface area contributed by atoms with Crippen LogP contribution in [0.25, 0.3) is 10.8 Å². The number of carbonyl (C=O) groups is 1. The number of piperidine rings is 1. The number of fused-ring (bicyclic) bond motifs is 1. The van der Waals surface area contributed by atoms with Crippen molar-refractivity contribution in [3.63, 3.8) is 0 Å². The summed E-state index contributed by atoms with van der Waals surface area (Å²) in [6.45, 7) is 1.17. The first-order chi connectivity index (χ1) is 13.6. The van der Waals surface area contributed by atoms with E-state index in [0.29, 0.717) is 32.8 Å². The Morgan fingerprint density at radius 3 is 2.46 bits per heavy atom. The van der Waals surface area contributed by atoms with Crippen molar-refractivity contribution in [2.24, 2.45) is 5.92 Å². The van der Waals surface area contributed by atoms with Gasteiger partial charge in [0.05, 0.1) is 13.1 Å². The van der Waals surface area contributed by atoms with E-state index in [1.54, 1.807) is 0 Å². The molecule has 148 valence electrons. The molecule has 2 aliphatic rings. The van der Waals surface area contributed by atoms with Gasteiger partial charge < -0.3 is 15.1 Å². The van der Waals surface area contributed by atoms with E-state index < -0.39 is 0 Å². The Labute approximate surface area is 168 Å². The van der Waals surface area contributed by atoms with Gasteiger partial charge in [-0.1, -0.05) is 61.7 Å². The molecular formula is C23H31BN2O2. The fraction of sp³-hybridized carbons (Fsp3) is 0.522. The van der Waals surface area contributed by atoms with Crippen LogP contribution in [-0.2, 0) is 4.79 Å². The largest absolute Gasteiger partial charge is 0.656 e. The number of benzene rings is 2. The quantitative estimate of drug-likeness (QED) is 0.641. The van der Waals surface area contributed by atoms with E-state index in [9.17, 15) is 10.0 Å². The minimum Gasteiger partial charge on any atom is -0.656 e. The van der Waals surface area contributed by atoms with E-state index in [1.165, 1.54) is 42.9 Å². The Morgan fingerprint density at radius 1 is 1.00 bits per heavy atom. The number of hydroxylamine groups is 2. The number of carbonyl (C=O) groups excluding carboxylic acids is 1. The van der Waals surface area contributed by atoms with Gasteiger partial charge in [-0.25, -0.2) is 0 Å². The summed E-state index contributed by atoms with van der Waals surface area (Å²) >= 11 is 0. The SMILES string of the molecule is O=C(CC1CCCCC1)NC1CC[N+]([O-])(Bc2ccc3ccccc3c2)CC1. The summed E-state index contributed by atoms with van der Waals surface area (Å²) in [5.41, 5.74) is 1.11. The Balaban J connectivity index is 1.27. The van der Waals surface area contributed by atoms with E-state index in [-0.39, 0.29) is 16.5 Å². The van der Waals surface area contributed by atoms with Crippen LogP contribution in [0.4, 0.5) is 0 Å². The van der Waals surface area contributed by atoms with Crippen LogP contribution >= 0.6 is 0 Å². The van der Waals surface area contributed by atoms with Crippen LogP contribution in [0.2, 0.25) is 0 Å². The second-order valence-corrected chi connectivity index (χ2v) is 8.89. The van der Waals surface area contributed by atoms with Gasteiger partial charge in [0.2, 0.25) is 5.91 Å². The molecule has 5 heteroatoms. The third kappa shape index (κ3) is 4.95. The van der Waals surface area contributed by atoms with Gasteiger partial charge in [-0.3, -0.25) is 4.79 Å². The Bertz CT molecular complexity index is 811. The molecule has 1 N–H and O–H groups in total. The van der Waals surface area contributed by atoms with Gasteiger partial charge in [-0.05, 0) is 35.0 Å². The highest BCUT2D eigenvalue weighted by molar-refractivity contribution is 6.46. The molecule has 1 aliphatic carbocycles. The Kier molecular flexibility index (Phi) is 6.03.